The summed E-state index contributed by atoms with van der Waals surface area (Å²) in [7, 11) is 0. The Kier molecular flexibility index (Phi) is 5.02. The average molecular weight is 299 g/mol. The molecular formula is C9H10BrCl2NO. The molecule has 0 radical (unpaired) electrons. The molecule has 1 rings (SSSR count). The van der Waals surface area contributed by atoms with E-state index in [1.165, 1.54) is 0 Å². The minimum absolute atomic E-state index is 0.209. The van der Waals surface area contributed by atoms with E-state index in [1.54, 1.807) is 6.07 Å². The maximum atomic E-state index is 9.22. The van der Waals surface area contributed by atoms with Crippen LogP contribution in [0.4, 0.5) is 5.69 Å². The van der Waals surface area contributed by atoms with Crippen LogP contribution in [0.3, 0.4) is 0 Å². The summed E-state index contributed by atoms with van der Waals surface area (Å²) in [5.41, 5.74) is 0.791. The summed E-state index contributed by atoms with van der Waals surface area (Å²) in [6.45, 7) is 0.394. The number of aliphatic hydroxyl groups excluding tert-OH is 1. The van der Waals surface area contributed by atoms with Gasteiger partial charge in [-0.15, -0.1) is 11.6 Å². The van der Waals surface area contributed by atoms with Gasteiger partial charge in [0.25, 0.3) is 0 Å². The molecule has 2 N–H and O–H groups in total. The van der Waals surface area contributed by atoms with Gasteiger partial charge < -0.3 is 10.4 Å². The number of hydrogen-bond donors (Lipinski definition) is 2. The summed E-state index contributed by atoms with van der Waals surface area (Å²) >= 11 is 14.7. The van der Waals surface area contributed by atoms with Gasteiger partial charge in [-0.3, -0.25) is 0 Å². The third-order valence-corrected chi connectivity index (χ3v) is 2.80. The molecule has 1 aromatic carbocycles. The summed E-state index contributed by atoms with van der Waals surface area (Å²) in [5.74, 6) is 0.209. The molecule has 14 heavy (non-hydrogen) atoms. The van der Waals surface area contributed by atoms with E-state index in [1.807, 2.05) is 12.1 Å². The van der Waals surface area contributed by atoms with Crippen molar-refractivity contribution in [2.75, 3.05) is 17.7 Å². The van der Waals surface area contributed by atoms with Crippen molar-refractivity contribution in [1.29, 1.82) is 0 Å². The quantitative estimate of drug-likeness (QED) is 0.837. The Hall–Kier alpha value is 0.0400. The Labute approximate surface area is 101 Å². The van der Waals surface area contributed by atoms with E-state index in [0.29, 0.717) is 11.6 Å². The highest BCUT2D eigenvalue weighted by Gasteiger charge is 2.04. The van der Waals surface area contributed by atoms with Crippen molar-refractivity contribution in [3.63, 3.8) is 0 Å². The lowest BCUT2D eigenvalue weighted by atomic mass is 10.3. The number of aliphatic hydroxyl groups is 1. The van der Waals surface area contributed by atoms with Gasteiger partial charge in [0, 0.05) is 11.0 Å². The van der Waals surface area contributed by atoms with Gasteiger partial charge >= 0.3 is 0 Å². The molecule has 0 fully saturated rings. The molecular weight excluding hydrogens is 289 g/mol. The summed E-state index contributed by atoms with van der Waals surface area (Å²) in [6, 6.07) is 5.51. The van der Waals surface area contributed by atoms with Gasteiger partial charge in [0.05, 0.1) is 22.7 Å². The molecule has 0 spiro atoms. The maximum Gasteiger partial charge on any atom is 0.0847 e. The number of nitrogens with one attached hydrogen (secondary N) is 1. The summed E-state index contributed by atoms with van der Waals surface area (Å²) in [6.07, 6.45) is -0.559. The molecule has 1 aromatic rings. The number of alkyl halides is 1. The highest BCUT2D eigenvalue weighted by atomic mass is 79.9. The number of rotatable bonds is 4. The zero-order valence-corrected chi connectivity index (χ0v) is 10.4. The van der Waals surface area contributed by atoms with Crippen LogP contribution in [0, 0.1) is 0 Å². The molecule has 1 atom stereocenters. The van der Waals surface area contributed by atoms with Crippen LogP contribution in [-0.2, 0) is 0 Å². The molecule has 0 bridgehead atoms. The van der Waals surface area contributed by atoms with Gasteiger partial charge in [0.15, 0.2) is 0 Å². The third kappa shape index (κ3) is 3.65. The molecule has 1 unspecified atom stereocenters. The SMILES string of the molecule is OC(CCl)CNc1ccc(Br)cc1Cl. The molecule has 0 heterocycles. The highest BCUT2D eigenvalue weighted by Crippen LogP contribution is 2.25. The van der Waals surface area contributed by atoms with Crippen molar-refractivity contribution >= 4 is 44.8 Å². The predicted octanol–water partition coefficient (Wildman–Crippen LogP) is 3.11. The zero-order chi connectivity index (χ0) is 10.6. The van der Waals surface area contributed by atoms with Crippen molar-refractivity contribution in [2.45, 2.75) is 6.10 Å². The van der Waals surface area contributed by atoms with E-state index in [-0.39, 0.29) is 5.88 Å². The Bertz CT molecular complexity index is 309. The van der Waals surface area contributed by atoms with E-state index in [9.17, 15) is 5.11 Å². The summed E-state index contributed by atoms with van der Waals surface area (Å²) in [4.78, 5) is 0. The molecule has 0 aliphatic carbocycles. The molecule has 5 heteroatoms. The fourth-order valence-electron chi connectivity index (χ4n) is 0.915. The van der Waals surface area contributed by atoms with Gasteiger partial charge in [-0.2, -0.15) is 0 Å². The van der Waals surface area contributed by atoms with Crippen LogP contribution < -0.4 is 5.32 Å². The van der Waals surface area contributed by atoms with E-state index < -0.39 is 6.10 Å². The van der Waals surface area contributed by atoms with Crippen molar-refractivity contribution in [3.8, 4) is 0 Å². The maximum absolute atomic E-state index is 9.22. The first kappa shape index (κ1) is 12.1. The lowest BCUT2D eigenvalue weighted by molar-refractivity contribution is 0.211. The lowest BCUT2D eigenvalue weighted by Gasteiger charge is -2.11. The first-order valence-electron chi connectivity index (χ1n) is 4.06. The second kappa shape index (κ2) is 5.81. The zero-order valence-electron chi connectivity index (χ0n) is 7.30. The lowest BCUT2D eigenvalue weighted by Crippen LogP contribution is -2.20. The number of benzene rings is 1. The van der Waals surface area contributed by atoms with Crippen LogP contribution in [0.2, 0.25) is 5.02 Å². The van der Waals surface area contributed by atoms with Gasteiger partial charge in [0.2, 0.25) is 0 Å². The molecule has 0 aliphatic rings. The minimum Gasteiger partial charge on any atom is -0.390 e. The molecule has 0 amide bonds. The van der Waals surface area contributed by atoms with Gasteiger partial charge in [-0.25, -0.2) is 0 Å². The van der Waals surface area contributed by atoms with E-state index in [4.69, 9.17) is 23.2 Å². The minimum atomic E-state index is -0.559. The van der Waals surface area contributed by atoms with Gasteiger partial charge in [0.1, 0.15) is 0 Å². The van der Waals surface area contributed by atoms with Crippen LogP contribution in [0.5, 0.6) is 0 Å². The molecule has 2 nitrogen and oxygen atoms in total. The topological polar surface area (TPSA) is 32.3 Å². The normalized spacial score (nSPS) is 12.6. The molecule has 0 aromatic heterocycles. The first-order chi connectivity index (χ1) is 6.63. The Morgan fingerprint density at radius 3 is 2.79 bits per heavy atom. The van der Waals surface area contributed by atoms with Crippen molar-refractivity contribution in [2.24, 2.45) is 0 Å². The Morgan fingerprint density at radius 1 is 1.50 bits per heavy atom. The number of hydrogen-bond acceptors (Lipinski definition) is 2. The van der Waals surface area contributed by atoms with E-state index >= 15 is 0 Å². The molecule has 0 saturated heterocycles. The first-order valence-corrected chi connectivity index (χ1v) is 5.77. The van der Waals surface area contributed by atoms with Crippen LogP contribution in [0.25, 0.3) is 0 Å². The molecule has 0 saturated carbocycles. The number of anilines is 1. The van der Waals surface area contributed by atoms with Gasteiger partial charge in [-0.1, -0.05) is 27.5 Å². The second-order valence-corrected chi connectivity index (χ2v) is 4.44. The standard InChI is InChI=1S/C9H10BrCl2NO/c10-6-1-2-9(8(12)3-6)13-5-7(14)4-11/h1-3,7,13-14H,4-5H2. The fraction of sp³-hybridized carbons (Fsp3) is 0.333. The highest BCUT2D eigenvalue weighted by molar-refractivity contribution is 9.10. The van der Waals surface area contributed by atoms with Crippen molar-refractivity contribution < 1.29 is 5.11 Å². The monoisotopic (exact) mass is 297 g/mol. The predicted molar refractivity (Wildman–Crippen MR) is 64.4 cm³/mol. The van der Waals surface area contributed by atoms with Crippen LogP contribution in [0.1, 0.15) is 0 Å². The van der Waals surface area contributed by atoms with Crippen molar-refractivity contribution in [1.82, 2.24) is 0 Å². The second-order valence-electron chi connectivity index (χ2n) is 2.81. The van der Waals surface area contributed by atoms with Crippen molar-refractivity contribution in [3.05, 3.63) is 27.7 Å². The van der Waals surface area contributed by atoms with Gasteiger partial charge in [-0.05, 0) is 18.2 Å². The summed E-state index contributed by atoms with van der Waals surface area (Å²) in [5, 5.41) is 12.8. The Morgan fingerprint density at radius 2 is 2.21 bits per heavy atom. The molecule has 0 aliphatic heterocycles. The number of halogens is 3. The largest absolute Gasteiger partial charge is 0.390 e. The Balaban J connectivity index is 2.59. The fourth-order valence-corrected chi connectivity index (χ4v) is 1.76. The van der Waals surface area contributed by atoms with Crippen LogP contribution in [-0.4, -0.2) is 23.6 Å². The smallest absolute Gasteiger partial charge is 0.0847 e. The summed E-state index contributed by atoms with van der Waals surface area (Å²) < 4.78 is 0.922. The van der Waals surface area contributed by atoms with E-state index in [0.717, 1.165) is 10.2 Å². The average Bonchev–Trinajstić information content (AvgIpc) is 2.16. The molecule has 78 valence electrons. The van der Waals surface area contributed by atoms with E-state index in [2.05, 4.69) is 21.2 Å². The van der Waals surface area contributed by atoms with Crippen LogP contribution >= 0.6 is 39.1 Å². The van der Waals surface area contributed by atoms with Crippen LogP contribution in [0.15, 0.2) is 22.7 Å². The third-order valence-electron chi connectivity index (χ3n) is 1.64.